The number of carbonyl (C=O) groups excluding carboxylic acids is 2. The number of benzene rings is 1. The van der Waals surface area contributed by atoms with Crippen LogP contribution in [0, 0.1) is 5.92 Å². The zero-order chi connectivity index (χ0) is 21.3. The number of nitrogens with one attached hydrogen (secondary N) is 2. The maximum atomic E-state index is 13.3. The second-order valence-corrected chi connectivity index (χ2v) is 9.10. The smallest absolute Gasteiger partial charge is 0.407 e. The summed E-state index contributed by atoms with van der Waals surface area (Å²) in [5, 5.41) is 3.94. The fourth-order valence-electron chi connectivity index (χ4n) is 5.10. The molecule has 30 heavy (non-hydrogen) atoms. The molecule has 2 N–H and O–H groups in total. The Morgan fingerprint density at radius 3 is 2.60 bits per heavy atom. The van der Waals surface area contributed by atoms with Gasteiger partial charge in [0.2, 0.25) is 5.91 Å². The maximum Gasteiger partial charge on any atom is 0.407 e. The Labute approximate surface area is 178 Å². The van der Waals surface area contributed by atoms with Crippen molar-refractivity contribution in [3.05, 3.63) is 35.5 Å². The van der Waals surface area contributed by atoms with Crippen molar-refractivity contribution in [3.63, 3.8) is 0 Å². The van der Waals surface area contributed by atoms with Crippen molar-refractivity contribution in [2.75, 3.05) is 13.7 Å². The number of aromatic nitrogens is 1. The fourth-order valence-corrected chi connectivity index (χ4v) is 5.10. The standard InChI is InChI=1S/C24H33N3O3/c1-15(2)22(26-24(29)30-3)23(28)27-12-6-9-21(27)20-14-18-13-17(10-11-19(18)25-20)16-7-4-5-8-16/h10-11,13-16,21-22,25H,4-9,12H2,1-3H3,(H,26,29)/t21-,22?/m0/s1. The van der Waals surface area contributed by atoms with E-state index in [0.29, 0.717) is 12.5 Å². The Balaban J connectivity index is 1.57. The molecule has 2 heterocycles. The van der Waals surface area contributed by atoms with Gasteiger partial charge in [0.15, 0.2) is 0 Å². The molecule has 1 saturated heterocycles. The Hall–Kier alpha value is -2.50. The lowest BCUT2D eigenvalue weighted by Gasteiger charge is -2.30. The molecule has 0 radical (unpaired) electrons. The van der Waals surface area contributed by atoms with Gasteiger partial charge in [0.1, 0.15) is 6.04 Å². The highest BCUT2D eigenvalue weighted by atomic mass is 16.5. The molecular weight excluding hydrogens is 378 g/mol. The second kappa shape index (κ2) is 8.70. The highest BCUT2D eigenvalue weighted by molar-refractivity contribution is 5.87. The van der Waals surface area contributed by atoms with E-state index < -0.39 is 12.1 Å². The third-order valence-electron chi connectivity index (χ3n) is 6.78. The third-order valence-corrected chi connectivity index (χ3v) is 6.78. The molecule has 1 saturated carbocycles. The molecule has 6 heteroatoms. The lowest BCUT2D eigenvalue weighted by molar-refractivity contribution is -0.135. The van der Waals surface area contributed by atoms with E-state index in [1.54, 1.807) is 0 Å². The van der Waals surface area contributed by atoms with Crippen LogP contribution in [-0.2, 0) is 9.53 Å². The van der Waals surface area contributed by atoms with Gasteiger partial charge in [0, 0.05) is 23.1 Å². The summed E-state index contributed by atoms with van der Waals surface area (Å²) in [7, 11) is 1.32. The first-order chi connectivity index (χ1) is 14.5. The number of alkyl carbamates (subject to hydrolysis) is 1. The van der Waals surface area contributed by atoms with Gasteiger partial charge < -0.3 is 19.9 Å². The average Bonchev–Trinajstić information content (AvgIpc) is 3.49. The van der Waals surface area contributed by atoms with E-state index in [9.17, 15) is 9.59 Å². The van der Waals surface area contributed by atoms with Crippen LogP contribution in [0.15, 0.2) is 24.3 Å². The molecule has 6 nitrogen and oxygen atoms in total. The lowest BCUT2D eigenvalue weighted by Crippen LogP contribution is -2.51. The van der Waals surface area contributed by atoms with Crippen LogP contribution in [0.5, 0.6) is 0 Å². The minimum atomic E-state index is -0.587. The number of hydrogen-bond donors (Lipinski definition) is 2. The maximum absolute atomic E-state index is 13.3. The number of hydrogen-bond acceptors (Lipinski definition) is 3. The molecule has 1 aliphatic carbocycles. The average molecular weight is 412 g/mol. The first-order valence-electron chi connectivity index (χ1n) is 11.3. The van der Waals surface area contributed by atoms with Crippen LogP contribution in [0.4, 0.5) is 4.79 Å². The first-order valence-corrected chi connectivity index (χ1v) is 11.3. The van der Waals surface area contributed by atoms with Crippen LogP contribution in [0.25, 0.3) is 10.9 Å². The van der Waals surface area contributed by atoms with Gasteiger partial charge in [-0.3, -0.25) is 4.79 Å². The van der Waals surface area contributed by atoms with E-state index in [1.165, 1.54) is 43.7 Å². The molecule has 162 valence electrons. The lowest BCUT2D eigenvalue weighted by atomic mass is 9.96. The molecular formula is C24H33N3O3. The molecule has 0 spiro atoms. The topological polar surface area (TPSA) is 74.4 Å². The number of aromatic amines is 1. The predicted molar refractivity (Wildman–Crippen MR) is 117 cm³/mol. The Bertz CT molecular complexity index is 914. The number of fused-ring (bicyclic) bond motifs is 1. The summed E-state index contributed by atoms with van der Waals surface area (Å²) in [6.45, 7) is 4.59. The van der Waals surface area contributed by atoms with E-state index in [0.717, 1.165) is 24.1 Å². The third kappa shape index (κ3) is 4.05. The zero-order valence-electron chi connectivity index (χ0n) is 18.2. The number of rotatable bonds is 5. The number of ether oxygens (including phenoxy) is 1. The van der Waals surface area contributed by atoms with E-state index >= 15 is 0 Å². The van der Waals surface area contributed by atoms with E-state index in [-0.39, 0.29) is 17.9 Å². The molecule has 2 amide bonds. The Morgan fingerprint density at radius 1 is 1.13 bits per heavy atom. The van der Waals surface area contributed by atoms with E-state index in [2.05, 4.69) is 34.6 Å². The number of carbonyl (C=O) groups is 2. The first kappa shape index (κ1) is 20.8. The van der Waals surface area contributed by atoms with Gasteiger partial charge in [-0.15, -0.1) is 0 Å². The van der Waals surface area contributed by atoms with Gasteiger partial charge in [0.05, 0.1) is 13.2 Å². The highest BCUT2D eigenvalue weighted by Gasteiger charge is 2.36. The van der Waals surface area contributed by atoms with Crippen LogP contribution in [0.3, 0.4) is 0 Å². The molecule has 1 unspecified atom stereocenters. The quantitative estimate of drug-likeness (QED) is 0.737. The molecule has 2 aliphatic rings. The monoisotopic (exact) mass is 411 g/mol. The Morgan fingerprint density at radius 2 is 1.90 bits per heavy atom. The molecule has 0 bridgehead atoms. The molecule has 1 aromatic carbocycles. The normalized spacial score (nSPS) is 20.8. The van der Waals surface area contributed by atoms with Crippen molar-refractivity contribution in [2.45, 2.75) is 70.4 Å². The van der Waals surface area contributed by atoms with Gasteiger partial charge in [-0.05, 0) is 61.3 Å². The summed E-state index contributed by atoms with van der Waals surface area (Å²) in [5.41, 5.74) is 3.64. The molecule has 1 aromatic heterocycles. The van der Waals surface area contributed by atoms with Crippen LogP contribution in [0.2, 0.25) is 0 Å². The summed E-state index contributed by atoms with van der Waals surface area (Å²) >= 11 is 0. The van der Waals surface area contributed by atoms with Gasteiger partial charge in [-0.1, -0.05) is 32.8 Å². The summed E-state index contributed by atoms with van der Waals surface area (Å²) in [5.74, 6) is 0.631. The second-order valence-electron chi connectivity index (χ2n) is 9.10. The van der Waals surface area contributed by atoms with Crippen LogP contribution in [-0.4, -0.2) is 41.6 Å². The van der Waals surface area contributed by atoms with E-state index in [1.807, 2.05) is 18.7 Å². The molecule has 2 atom stereocenters. The zero-order valence-corrected chi connectivity index (χ0v) is 18.2. The SMILES string of the molecule is COC(=O)NC(C(=O)N1CCC[C@H]1c1cc2cc(C3CCCC3)ccc2[nH]1)C(C)C. The fraction of sp³-hybridized carbons (Fsp3) is 0.583. The van der Waals surface area contributed by atoms with Crippen molar-refractivity contribution in [1.82, 2.24) is 15.2 Å². The molecule has 2 aromatic rings. The van der Waals surface area contributed by atoms with Gasteiger partial charge in [-0.25, -0.2) is 4.79 Å². The molecule has 2 fully saturated rings. The van der Waals surface area contributed by atoms with Crippen LogP contribution >= 0.6 is 0 Å². The Kier molecular flexibility index (Phi) is 6.02. The minimum Gasteiger partial charge on any atom is -0.453 e. The number of amides is 2. The molecule has 4 rings (SSSR count). The van der Waals surface area contributed by atoms with Crippen molar-refractivity contribution in [1.29, 1.82) is 0 Å². The molecule has 1 aliphatic heterocycles. The number of methoxy groups -OCH3 is 1. The number of likely N-dealkylation sites (tertiary alicyclic amines) is 1. The van der Waals surface area contributed by atoms with Crippen LogP contribution < -0.4 is 5.32 Å². The minimum absolute atomic E-state index is 0.0144. The van der Waals surface area contributed by atoms with Gasteiger partial charge in [0.25, 0.3) is 0 Å². The largest absolute Gasteiger partial charge is 0.453 e. The summed E-state index contributed by atoms with van der Waals surface area (Å²) in [6.07, 6.45) is 6.56. The summed E-state index contributed by atoms with van der Waals surface area (Å²) < 4.78 is 4.72. The van der Waals surface area contributed by atoms with Gasteiger partial charge in [-0.2, -0.15) is 0 Å². The van der Waals surface area contributed by atoms with Crippen molar-refractivity contribution < 1.29 is 14.3 Å². The van der Waals surface area contributed by atoms with E-state index in [4.69, 9.17) is 4.74 Å². The van der Waals surface area contributed by atoms with Crippen LogP contribution in [0.1, 0.15) is 75.6 Å². The highest BCUT2D eigenvalue weighted by Crippen LogP contribution is 2.37. The predicted octanol–water partition coefficient (Wildman–Crippen LogP) is 4.87. The van der Waals surface area contributed by atoms with Crippen molar-refractivity contribution in [3.8, 4) is 0 Å². The number of nitrogens with zero attached hydrogens (tertiary/aromatic N) is 1. The summed E-state index contributed by atoms with van der Waals surface area (Å²) in [6, 6.07) is 8.40. The summed E-state index contributed by atoms with van der Waals surface area (Å²) in [4.78, 5) is 30.5. The van der Waals surface area contributed by atoms with Crippen molar-refractivity contribution >= 4 is 22.9 Å². The van der Waals surface area contributed by atoms with Gasteiger partial charge >= 0.3 is 6.09 Å². The van der Waals surface area contributed by atoms with Crippen molar-refractivity contribution in [2.24, 2.45) is 5.92 Å². The number of H-pyrrole nitrogens is 1.